The van der Waals surface area contributed by atoms with E-state index in [0.717, 1.165) is 12.0 Å². The minimum absolute atomic E-state index is 0.0280. The van der Waals surface area contributed by atoms with Crippen LogP contribution in [-0.2, 0) is 14.9 Å². The van der Waals surface area contributed by atoms with Crippen LogP contribution in [0.4, 0.5) is 4.39 Å². The van der Waals surface area contributed by atoms with Gasteiger partial charge in [0.2, 0.25) is 0 Å². The van der Waals surface area contributed by atoms with Crippen LogP contribution in [0.2, 0.25) is 0 Å². The average Bonchev–Trinajstić information content (AvgIpc) is 3.11. The monoisotopic (exact) mass is 252 g/mol. The van der Waals surface area contributed by atoms with E-state index in [-0.39, 0.29) is 30.9 Å². The van der Waals surface area contributed by atoms with Crippen molar-refractivity contribution in [3.8, 4) is 0 Å². The molecule has 1 fully saturated rings. The molecule has 0 spiro atoms. The Morgan fingerprint density at radius 2 is 2.39 bits per heavy atom. The van der Waals surface area contributed by atoms with Gasteiger partial charge < -0.3 is 9.84 Å². The standard InChI is InChI=1S/C14H17FO3/c1-2-13(17)18-9-14(7-11(14)8-16)10-4-3-5-12(15)6-10/h3-6,11,16H,2,7-9H2,1H3/t11-,14+/m0/s1. The summed E-state index contributed by atoms with van der Waals surface area (Å²) in [6.45, 7) is 1.97. The molecule has 3 nitrogen and oxygen atoms in total. The topological polar surface area (TPSA) is 46.5 Å². The van der Waals surface area contributed by atoms with Crippen molar-refractivity contribution in [1.29, 1.82) is 0 Å². The Labute approximate surface area is 106 Å². The molecule has 1 aliphatic carbocycles. The lowest BCUT2D eigenvalue weighted by atomic mass is 9.94. The number of carbonyl (C=O) groups excluding carboxylic acids is 1. The van der Waals surface area contributed by atoms with Crippen LogP contribution in [0.15, 0.2) is 24.3 Å². The smallest absolute Gasteiger partial charge is 0.305 e. The van der Waals surface area contributed by atoms with Gasteiger partial charge in [-0.3, -0.25) is 4.79 Å². The first-order chi connectivity index (χ1) is 8.62. The van der Waals surface area contributed by atoms with Gasteiger partial charge in [-0.2, -0.15) is 0 Å². The van der Waals surface area contributed by atoms with Crippen LogP contribution < -0.4 is 0 Å². The Hall–Kier alpha value is -1.42. The molecule has 1 aromatic carbocycles. The Bertz CT molecular complexity index is 446. The van der Waals surface area contributed by atoms with Crippen molar-refractivity contribution in [3.63, 3.8) is 0 Å². The number of rotatable bonds is 5. The van der Waals surface area contributed by atoms with Crippen LogP contribution in [-0.4, -0.2) is 24.3 Å². The molecule has 1 aromatic rings. The minimum atomic E-state index is -0.401. The molecule has 98 valence electrons. The molecule has 4 heteroatoms. The van der Waals surface area contributed by atoms with Gasteiger partial charge in [-0.05, 0) is 30.0 Å². The average molecular weight is 252 g/mol. The number of halogens is 1. The summed E-state index contributed by atoms with van der Waals surface area (Å²) < 4.78 is 18.4. The normalized spacial score (nSPS) is 25.8. The SMILES string of the molecule is CCC(=O)OC[C@@]1(c2cccc(F)c2)C[C@H]1CO. The molecule has 0 bridgehead atoms. The third kappa shape index (κ3) is 2.38. The van der Waals surface area contributed by atoms with Gasteiger partial charge in [0, 0.05) is 18.4 Å². The van der Waals surface area contributed by atoms with Crippen molar-refractivity contribution >= 4 is 5.97 Å². The predicted molar refractivity (Wildman–Crippen MR) is 64.5 cm³/mol. The molecule has 18 heavy (non-hydrogen) atoms. The van der Waals surface area contributed by atoms with Crippen molar-refractivity contribution in [2.45, 2.75) is 25.2 Å². The van der Waals surface area contributed by atoms with Crippen LogP contribution in [0.5, 0.6) is 0 Å². The molecule has 1 saturated carbocycles. The van der Waals surface area contributed by atoms with Gasteiger partial charge in [-0.1, -0.05) is 19.1 Å². The van der Waals surface area contributed by atoms with Gasteiger partial charge in [0.1, 0.15) is 12.4 Å². The number of ether oxygens (including phenoxy) is 1. The van der Waals surface area contributed by atoms with E-state index < -0.39 is 5.41 Å². The van der Waals surface area contributed by atoms with E-state index in [1.54, 1.807) is 13.0 Å². The Kier molecular flexibility index (Phi) is 3.66. The largest absolute Gasteiger partial charge is 0.465 e. The first-order valence-corrected chi connectivity index (χ1v) is 6.15. The summed E-state index contributed by atoms with van der Waals surface area (Å²) in [5, 5.41) is 9.26. The highest BCUT2D eigenvalue weighted by Gasteiger charge is 2.55. The maximum absolute atomic E-state index is 13.3. The molecule has 0 unspecified atom stereocenters. The van der Waals surface area contributed by atoms with Crippen molar-refractivity contribution < 1.29 is 19.0 Å². The van der Waals surface area contributed by atoms with E-state index in [4.69, 9.17) is 4.74 Å². The molecule has 1 aliphatic rings. The molecule has 0 radical (unpaired) electrons. The molecule has 0 heterocycles. The van der Waals surface area contributed by atoms with E-state index in [0.29, 0.717) is 6.42 Å². The van der Waals surface area contributed by atoms with Crippen LogP contribution >= 0.6 is 0 Å². The van der Waals surface area contributed by atoms with Gasteiger partial charge in [0.05, 0.1) is 0 Å². The van der Waals surface area contributed by atoms with Crippen molar-refractivity contribution in [1.82, 2.24) is 0 Å². The van der Waals surface area contributed by atoms with E-state index in [2.05, 4.69) is 0 Å². The highest BCUT2D eigenvalue weighted by atomic mass is 19.1. The number of hydrogen-bond donors (Lipinski definition) is 1. The molecular formula is C14H17FO3. The predicted octanol–water partition coefficient (Wildman–Crippen LogP) is 2.03. The van der Waals surface area contributed by atoms with Crippen molar-refractivity contribution in [2.75, 3.05) is 13.2 Å². The Morgan fingerprint density at radius 1 is 1.61 bits per heavy atom. The van der Waals surface area contributed by atoms with Crippen LogP contribution in [0.3, 0.4) is 0 Å². The van der Waals surface area contributed by atoms with Gasteiger partial charge in [-0.25, -0.2) is 4.39 Å². The number of aliphatic hydroxyl groups is 1. The maximum atomic E-state index is 13.3. The lowest BCUT2D eigenvalue weighted by Gasteiger charge is -2.17. The first-order valence-electron chi connectivity index (χ1n) is 6.15. The number of benzene rings is 1. The zero-order valence-electron chi connectivity index (χ0n) is 10.4. The van der Waals surface area contributed by atoms with E-state index in [1.807, 2.05) is 6.07 Å². The maximum Gasteiger partial charge on any atom is 0.305 e. The fourth-order valence-corrected chi connectivity index (χ4v) is 2.34. The molecular weight excluding hydrogens is 235 g/mol. The molecule has 0 amide bonds. The zero-order chi connectivity index (χ0) is 13.2. The lowest BCUT2D eigenvalue weighted by Crippen LogP contribution is -2.22. The van der Waals surface area contributed by atoms with Gasteiger partial charge in [0.15, 0.2) is 0 Å². The summed E-state index contributed by atoms with van der Waals surface area (Å²) in [4.78, 5) is 11.2. The van der Waals surface area contributed by atoms with Crippen molar-refractivity contribution in [2.24, 2.45) is 5.92 Å². The van der Waals surface area contributed by atoms with Gasteiger partial charge >= 0.3 is 5.97 Å². The molecule has 2 atom stereocenters. The zero-order valence-corrected chi connectivity index (χ0v) is 10.4. The molecule has 2 rings (SSSR count). The number of esters is 1. The lowest BCUT2D eigenvalue weighted by molar-refractivity contribution is -0.144. The van der Waals surface area contributed by atoms with E-state index >= 15 is 0 Å². The summed E-state index contributed by atoms with van der Waals surface area (Å²) in [6.07, 6.45) is 1.05. The van der Waals surface area contributed by atoms with Crippen LogP contribution in [0, 0.1) is 11.7 Å². The first kappa shape index (κ1) is 13.0. The van der Waals surface area contributed by atoms with E-state index in [1.165, 1.54) is 12.1 Å². The highest BCUT2D eigenvalue weighted by Crippen LogP contribution is 2.54. The summed E-state index contributed by atoms with van der Waals surface area (Å²) in [5.41, 5.74) is 0.396. The Balaban J connectivity index is 2.16. The summed E-state index contributed by atoms with van der Waals surface area (Å²) in [6, 6.07) is 6.29. The fourth-order valence-electron chi connectivity index (χ4n) is 2.34. The number of hydrogen-bond acceptors (Lipinski definition) is 3. The van der Waals surface area contributed by atoms with Crippen molar-refractivity contribution in [3.05, 3.63) is 35.6 Å². The van der Waals surface area contributed by atoms with Crippen LogP contribution in [0.1, 0.15) is 25.3 Å². The molecule has 1 N–H and O–H groups in total. The molecule has 0 aliphatic heterocycles. The van der Waals surface area contributed by atoms with Crippen LogP contribution in [0.25, 0.3) is 0 Å². The third-order valence-corrected chi connectivity index (χ3v) is 3.63. The second-order valence-corrected chi connectivity index (χ2v) is 4.76. The van der Waals surface area contributed by atoms with E-state index in [9.17, 15) is 14.3 Å². The summed E-state index contributed by atoms with van der Waals surface area (Å²) in [7, 11) is 0. The van der Waals surface area contributed by atoms with Gasteiger partial charge in [-0.15, -0.1) is 0 Å². The second kappa shape index (κ2) is 5.06. The minimum Gasteiger partial charge on any atom is -0.465 e. The quantitative estimate of drug-likeness (QED) is 0.816. The number of carbonyl (C=O) groups is 1. The number of aliphatic hydroxyl groups excluding tert-OH is 1. The second-order valence-electron chi connectivity index (χ2n) is 4.76. The Morgan fingerprint density at radius 3 is 2.94 bits per heavy atom. The highest BCUT2D eigenvalue weighted by molar-refractivity contribution is 5.69. The molecule has 0 saturated heterocycles. The summed E-state index contributed by atoms with van der Waals surface area (Å²) in [5.74, 6) is -0.532. The third-order valence-electron chi connectivity index (χ3n) is 3.63. The fraction of sp³-hybridized carbons (Fsp3) is 0.500. The molecule has 0 aromatic heterocycles. The summed E-state index contributed by atoms with van der Waals surface area (Å²) >= 11 is 0. The van der Waals surface area contributed by atoms with Gasteiger partial charge in [0.25, 0.3) is 0 Å².